The molecular weight excluding hydrogens is 392 g/mol. The number of carbonyl (C=O) groups excluding carboxylic acids is 3. The van der Waals surface area contributed by atoms with Crippen LogP contribution in [-0.2, 0) is 19.1 Å². The van der Waals surface area contributed by atoms with Gasteiger partial charge in [0.1, 0.15) is 5.70 Å². The zero-order chi connectivity index (χ0) is 20.9. The van der Waals surface area contributed by atoms with Gasteiger partial charge in [-0.1, -0.05) is 43.6 Å². The smallest absolute Gasteiger partial charge is 0.337 e. The number of piperazine rings is 1. The summed E-state index contributed by atoms with van der Waals surface area (Å²) in [5, 5.41) is 3.26. The average molecular weight is 415 g/mol. The maximum Gasteiger partial charge on any atom is 0.337 e. The molecule has 0 unspecified atom stereocenters. The van der Waals surface area contributed by atoms with Crippen LogP contribution < -0.4 is 5.32 Å². The third-order valence-electron chi connectivity index (χ3n) is 5.78. The Morgan fingerprint density at radius 2 is 1.97 bits per heavy atom. The van der Waals surface area contributed by atoms with Gasteiger partial charge in [-0.3, -0.25) is 9.59 Å². The van der Waals surface area contributed by atoms with E-state index in [9.17, 15) is 14.4 Å². The van der Waals surface area contributed by atoms with Crippen LogP contribution in [0.1, 0.15) is 38.2 Å². The SMILES string of the molecule is COC(=O)C1=C2C(=O)NCCN2C2=C(C(=O)CC(C)(C)C2)[C@H]1c1ccccc1Cl. The van der Waals surface area contributed by atoms with Crippen molar-refractivity contribution in [2.24, 2.45) is 5.41 Å². The van der Waals surface area contributed by atoms with E-state index < -0.39 is 11.9 Å². The van der Waals surface area contributed by atoms with Crippen LogP contribution in [0.3, 0.4) is 0 Å². The molecule has 1 fully saturated rings. The fourth-order valence-electron chi connectivity index (χ4n) is 4.63. The van der Waals surface area contributed by atoms with Crippen molar-refractivity contribution in [1.29, 1.82) is 0 Å². The Balaban J connectivity index is 2.05. The van der Waals surface area contributed by atoms with Crippen LogP contribution in [0.25, 0.3) is 0 Å². The Labute approximate surface area is 174 Å². The van der Waals surface area contributed by atoms with Crippen molar-refractivity contribution in [3.63, 3.8) is 0 Å². The molecule has 0 radical (unpaired) electrons. The summed E-state index contributed by atoms with van der Waals surface area (Å²) in [7, 11) is 1.28. The highest BCUT2D eigenvalue weighted by Crippen LogP contribution is 2.51. The second kappa shape index (κ2) is 7.02. The summed E-state index contributed by atoms with van der Waals surface area (Å²) in [4.78, 5) is 41.0. The molecule has 0 saturated carbocycles. The maximum atomic E-state index is 13.3. The van der Waals surface area contributed by atoms with Gasteiger partial charge >= 0.3 is 5.97 Å². The molecule has 152 valence electrons. The number of esters is 1. The monoisotopic (exact) mass is 414 g/mol. The van der Waals surface area contributed by atoms with Gasteiger partial charge in [-0.05, 0) is 23.5 Å². The minimum absolute atomic E-state index is 0.0207. The highest BCUT2D eigenvalue weighted by atomic mass is 35.5. The van der Waals surface area contributed by atoms with Crippen LogP contribution >= 0.6 is 11.6 Å². The van der Waals surface area contributed by atoms with Crippen LogP contribution in [0.4, 0.5) is 0 Å². The molecule has 1 N–H and O–H groups in total. The molecule has 1 aromatic carbocycles. The van der Waals surface area contributed by atoms with E-state index in [1.807, 2.05) is 24.8 Å². The van der Waals surface area contributed by atoms with E-state index >= 15 is 0 Å². The molecule has 4 rings (SSSR count). The fraction of sp³-hybridized carbons (Fsp3) is 0.409. The van der Waals surface area contributed by atoms with Crippen molar-refractivity contribution in [3.8, 4) is 0 Å². The first kappa shape index (κ1) is 19.7. The number of Topliss-reactive ketones (excluding diaryl/α,β-unsaturated/α-hetero) is 1. The van der Waals surface area contributed by atoms with Gasteiger partial charge in [-0.15, -0.1) is 0 Å². The first-order valence-corrected chi connectivity index (χ1v) is 10.0. The third kappa shape index (κ3) is 3.15. The van der Waals surface area contributed by atoms with Gasteiger partial charge in [-0.25, -0.2) is 4.79 Å². The van der Waals surface area contributed by atoms with Crippen LogP contribution in [0, 0.1) is 5.41 Å². The normalized spacial score (nSPS) is 23.4. The number of nitrogens with one attached hydrogen (secondary N) is 1. The number of rotatable bonds is 2. The van der Waals surface area contributed by atoms with Crippen LogP contribution in [0.5, 0.6) is 0 Å². The topological polar surface area (TPSA) is 75.7 Å². The number of hydrogen-bond donors (Lipinski definition) is 1. The molecule has 6 nitrogen and oxygen atoms in total. The molecule has 7 heteroatoms. The predicted octanol–water partition coefficient (Wildman–Crippen LogP) is 2.94. The van der Waals surface area contributed by atoms with E-state index in [4.69, 9.17) is 16.3 Å². The summed E-state index contributed by atoms with van der Waals surface area (Å²) >= 11 is 6.49. The second-order valence-corrected chi connectivity index (χ2v) is 8.82. The zero-order valence-electron chi connectivity index (χ0n) is 16.7. The summed E-state index contributed by atoms with van der Waals surface area (Å²) in [6.07, 6.45) is 1.01. The lowest BCUT2D eigenvalue weighted by atomic mass is 9.67. The lowest BCUT2D eigenvalue weighted by Gasteiger charge is -2.46. The number of ketones is 1. The lowest BCUT2D eigenvalue weighted by Crippen LogP contribution is -2.51. The number of methoxy groups -OCH3 is 1. The number of amides is 1. The highest BCUT2D eigenvalue weighted by molar-refractivity contribution is 6.31. The quantitative estimate of drug-likeness (QED) is 0.753. The first-order valence-electron chi connectivity index (χ1n) is 9.64. The Morgan fingerprint density at radius 3 is 2.66 bits per heavy atom. The molecule has 29 heavy (non-hydrogen) atoms. The van der Waals surface area contributed by atoms with E-state index in [0.29, 0.717) is 42.1 Å². The summed E-state index contributed by atoms with van der Waals surface area (Å²) in [5.74, 6) is -1.72. The van der Waals surface area contributed by atoms with Crippen molar-refractivity contribution in [3.05, 3.63) is 57.4 Å². The Hall–Kier alpha value is -2.60. The lowest BCUT2D eigenvalue weighted by molar-refractivity contribution is -0.137. The van der Waals surface area contributed by atoms with Gasteiger partial charge in [0.2, 0.25) is 0 Å². The van der Waals surface area contributed by atoms with Crippen LogP contribution in [-0.4, -0.2) is 42.8 Å². The molecule has 0 bridgehead atoms. The second-order valence-electron chi connectivity index (χ2n) is 8.42. The third-order valence-corrected chi connectivity index (χ3v) is 6.13. The molecule has 1 saturated heterocycles. The maximum absolute atomic E-state index is 13.3. The first-order chi connectivity index (χ1) is 13.7. The minimum atomic E-state index is -0.732. The fourth-order valence-corrected chi connectivity index (χ4v) is 4.88. The summed E-state index contributed by atoms with van der Waals surface area (Å²) < 4.78 is 5.05. The number of nitrogens with zero attached hydrogens (tertiary/aromatic N) is 1. The number of halogens is 1. The van der Waals surface area contributed by atoms with Gasteiger partial charge in [0, 0.05) is 35.8 Å². The van der Waals surface area contributed by atoms with Crippen LogP contribution in [0.15, 0.2) is 46.8 Å². The van der Waals surface area contributed by atoms with Crippen molar-refractivity contribution in [1.82, 2.24) is 10.2 Å². The highest BCUT2D eigenvalue weighted by Gasteiger charge is 2.49. The van der Waals surface area contributed by atoms with Gasteiger partial charge in [0.05, 0.1) is 18.6 Å². The summed E-state index contributed by atoms with van der Waals surface area (Å²) in [6.45, 7) is 5.03. The molecule has 1 aromatic rings. The van der Waals surface area contributed by atoms with Crippen LogP contribution in [0.2, 0.25) is 5.02 Å². The molecule has 3 aliphatic rings. The summed E-state index contributed by atoms with van der Waals surface area (Å²) in [5.41, 5.74) is 2.19. The van der Waals surface area contributed by atoms with E-state index in [2.05, 4.69) is 5.32 Å². The number of ether oxygens (including phenoxy) is 1. The molecule has 1 atom stereocenters. The molecule has 1 aliphatic carbocycles. The molecule has 2 aliphatic heterocycles. The van der Waals surface area contributed by atoms with Gasteiger partial charge < -0.3 is 15.0 Å². The number of hydrogen-bond acceptors (Lipinski definition) is 5. The van der Waals surface area contributed by atoms with E-state index in [1.165, 1.54) is 7.11 Å². The van der Waals surface area contributed by atoms with E-state index in [-0.39, 0.29) is 28.4 Å². The molecule has 1 amide bonds. The Morgan fingerprint density at radius 1 is 1.24 bits per heavy atom. The number of benzene rings is 1. The number of carbonyl (C=O) groups is 3. The minimum Gasteiger partial charge on any atom is -0.466 e. The molecule has 0 spiro atoms. The van der Waals surface area contributed by atoms with Crippen molar-refractivity contribution in [2.75, 3.05) is 20.2 Å². The van der Waals surface area contributed by atoms with Crippen molar-refractivity contribution in [2.45, 2.75) is 32.6 Å². The van der Waals surface area contributed by atoms with E-state index in [1.54, 1.807) is 18.2 Å². The molecular formula is C22H23ClN2O4. The Bertz CT molecular complexity index is 992. The molecule has 0 aromatic heterocycles. The van der Waals surface area contributed by atoms with Gasteiger partial charge in [0.25, 0.3) is 5.91 Å². The largest absolute Gasteiger partial charge is 0.466 e. The number of allylic oxidation sites excluding steroid dienone is 2. The van der Waals surface area contributed by atoms with Crippen molar-refractivity contribution >= 4 is 29.3 Å². The average Bonchev–Trinajstić information content (AvgIpc) is 2.66. The van der Waals surface area contributed by atoms with Gasteiger partial charge in [-0.2, -0.15) is 0 Å². The molecule has 2 heterocycles. The number of fused-ring (bicyclic) bond motifs is 2. The van der Waals surface area contributed by atoms with Crippen molar-refractivity contribution < 1.29 is 19.1 Å². The predicted molar refractivity (Wildman–Crippen MR) is 108 cm³/mol. The summed E-state index contributed by atoms with van der Waals surface area (Å²) in [6, 6.07) is 7.12. The zero-order valence-corrected chi connectivity index (χ0v) is 17.4. The van der Waals surface area contributed by atoms with E-state index in [0.717, 1.165) is 5.70 Å². The standard InChI is InChI=1S/C22H23ClN2O4/c1-22(2)10-14-17(15(26)11-22)16(12-6-4-5-7-13(12)23)18(21(28)29-3)19-20(27)24-8-9-25(14)19/h4-7,16H,8-11H2,1-3H3,(H,24,27)/t16-/m1/s1. The van der Waals surface area contributed by atoms with Gasteiger partial charge in [0.15, 0.2) is 5.78 Å². The Kier molecular flexibility index (Phi) is 4.77.